The number of rotatable bonds is 9. The van der Waals surface area contributed by atoms with Crippen molar-refractivity contribution in [1.29, 1.82) is 0 Å². The molecule has 1 rings (SSSR count). The van der Waals surface area contributed by atoms with Crippen LogP contribution >= 0.6 is 0 Å². The van der Waals surface area contributed by atoms with E-state index in [1.54, 1.807) is 14.2 Å². The molecule has 112 valence electrons. The molecular weight excluding hydrogens is 258 g/mol. The van der Waals surface area contributed by atoms with Crippen molar-refractivity contribution < 1.29 is 14.2 Å². The van der Waals surface area contributed by atoms with Crippen LogP contribution in [0.5, 0.6) is 11.5 Å². The zero-order valence-corrected chi connectivity index (χ0v) is 12.1. The van der Waals surface area contributed by atoms with Gasteiger partial charge in [0.15, 0.2) is 5.96 Å². The molecule has 20 heavy (non-hydrogen) atoms. The van der Waals surface area contributed by atoms with Crippen LogP contribution in [-0.2, 0) is 4.74 Å². The number of hydrogen-bond acceptors (Lipinski definition) is 4. The van der Waals surface area contributed by atoms with E-state index in [1.807, 2.05) is 24.3 Å². The Morgan fingerprint density at radius 2 is 2.05 bits per heavy atom. The van der Waals surface area contributed by atoms with E-state index in [2.05, 4.69) is 10.3 Å². The molecule has 0 spiro atoms. The second-order valence-corrected chi connectivity index (χ2v) is 4.07. The quantitative estimate of drug-likeness (QED) is 0.401. The minimum atomic E-state index is 0.434. The van der Waals surface area contributed by atoms with Gasteiger partial charge in [0.05, 0.1) is 20.3 Å². The fourth-order valence-electron chi connectivity index (χ4n) is 1.48. The number of methoxy groups -OCH3 is 2. The van der Waals surface area contributed by atoms with Crippen LogP contribution in [0, 0.1) is 0 Å². The summed E-state index contributed by atoms with van der Waals surface area (Å²) in [6.45, 7) is 2.47. The highest BCUT2D eigenvalue weighted by Gasteiger charge is 1.96. The summed E-state index contributed by atoms with van der Waals surface area (Å²) < 4.78 is 15.6. The molecule has 1 aromatic carbocycles. The van der Waals surface area contributed by atoms with Gasteiger partial charge in [-0.2, -0.15) is 0 Å². The van der Waals surface area contributed by atoms with Gasteiger partial charge >= 0.3 is 0 Å². The van der Waals surface area contributed by atoms with Gasteiger partial charge in [-0.15, -0.1) is 0 Å². The predicted octanol–water partition coefficient (Wildman–Crippen LogP) is 1.01. The third kappa shape index (κ3) is 6.84. The highest BCUT2D eigenvalue weighted by molar-refractivity contribution is 5.77. The van der Waals surface area contributed by atoms with Crippen LogP contribution in [0.4, 0.5) is 0 Å². The van der Waals surface area contributed by atoms with E-state index in [0.29, 0.717) is 32.3 Å². The van der Waals surface area contributed by atoms with Crippen molar-refractivity contribution in [1.82, 2.24) is 5.32 Å². The summed E-state index contributed by atoms with van der Waals surface area (Å²) in [5, 5.41) is 2.95. The highest BCUT2D eigenvalue weighted by atomic mass is 16.5. The van der Waals surface area contributed by atoms with Crippen LogP contribution in [0.15, 0.2) is 29.3 Å². The molecule has 0 saturated carbocycles. The molecule has 6 nitrogen and oxygen atoms in total. The van der Waals surface area contributed by atoms with E-state index in [0.717, 1.165) is 17.9 Å². The maximum atomic E-state index is 5.67. The van der Waals surface area contributed by atoms with Gasteiger partial charge < -0.3 is 25.3 Å². The molecular formula is C14H23N3O3. The largest absolute Gasteiger partial charge is 0.497 e. The minimum absolute atomic E-state index is 0.434. The summed E-state index contributed by atoms with van der Waals surface area (Å²) in [4.78, 5) is 4.18. The Balaban J connectivity index is 2.16. The van der Waals surface area contributed by atoms with Gasteiger partial charge in [-0.25, -0.2) is 0 Å². The molecule has 0 heterocycles. The molecule has 0 bridgehead atoms. The molecule has 0 aliphatic heterocycles. The summed E-state index contributed by atoms with van der Waals surface area (Å²) >= 11 is 0. The van der Waals surface area contributed by atoms with Crippen LogP contribution in [0.25, 0.3) is 0 Å². The van der Waals surface area contributed by atoms with Crippen LogP contribution in [-0.4, -0.2) is 46.5 Å². The second-order valence-electron chi connectivity index (χ2n) is 4.07. The summed E-state index contributed by atoms with van der Waals surface area (Å²) in [6.07, 6.45) is 0.796. The van der Waals surface area contributed by atoms with E-state index in [4.69, 9.17) is 19.9 Å². The normalized spacial score (nSPS) is 11.2. The van der Waals surface area contributed by atoms with Gasteiger partial charge in [0.2, 0.25) is 0 Å². The molecule has 1 aromatic rings. The Kier molecular flexibility index (Phi) is 7.98. The zero-order chi connectivity index (χ0) is 14.6. The monoisotopic (exact) mass is 281 g/mol. The lowest BCUT2D eigenvalue weighted by molar-refractivity contribution is 0.204. The maximum absolute atomic E-state index is 5.67. The van der Waals surface area contributed by atoms with Crippen LogP contribution in [0.3, 0.4) is 0 Å². The lowest BCUT2D eigenvalue weighted by Crippen LogP contribution is -2.34. The van der Waals surface area contributed by atoms with Crippen molar-refractivity contribution in [3.05, 3.63) is 24.3 Å². The maximum Gasteiger partial charge on any atom is 0.188 e. The van der Waals surface area contributed by atoms with E-state index in [9.17, 15) is 0 Å². The van der Waals surface area contributed by atoms with Crippen molar-refractivity contribution >= 4 is 5.96 Å². The van der Waals surface area contributed by atoms with E-state index >= 15 is 0 Å². The Morgan fingerprint density at radius 1 is 1.25 bits per heavy atom. The van der Waals surface area contributed by atoms with E-state index in [1.165, 1.54) is 0 Å². The van der Waals surface area contributed by atoms with Crippen LogP contribution < -0.4 is 20.5 Å². The Bertz CT molecular complexity index is 410. The second kappa shape index (κ2) is 9.91. The molecule has 6 heteroatoms. The number of nitrogens with zero attached hydrogens (tertiary/aromatic N) is 1. The van der Waals surface area contributed by atoms with E-state index < -0.39 is 0 Å². The molecule has 0 aliphatic rings. The Labute approximate surface area is 119 Å². The molecule has 0 aliphatic carbocycles. The lowest BCUT2D eigenvalue weighted by Gasteiger charge is -2.07. The summed E-state index contributed by atoms with van der Waals surface area (Å²) in [7, 11) is 3.28. The Morgan fingerprint density at radius 3 is 2.80 bits per heavy atom. The molecule has 0 aromatic heterocycles. The van der Waals surface area contributed by atoms with Crippen molar-refractivity contribution in [2.45, 2.75) is 6.42 Å². The number of hydrogen-bond donors (Lipinski definition) is 2. The van der Waals surface area contributed by atoms with Crippen molar-refractivity contribution in [3.8, 4) is 11.5 Å². The zero-order valence-electron chi connectivity index (χ0n) is 12.1. The third-order valence-corrected chi connectivity index (χ3v) is 2.51. The summed E-state index contributed by atoms with van der Waals surface area (Å²) in [5.74, 6) is 2.01. The molecule has 0 atom stereocenters. The number of guanidine groups is 1. The van der Waals surface area contributed by atoms with Gasteiger partial charge in [-0.1, -0.05) is 6.07 Å². The van der Waals surface area contributed by atoms with Crippen molar-refractivity contribution in [3.63, 3.8) is 0 Å². The van der Waals surface area contributed by atoms with Gasteiger partial charge in [0.1, 0.15) is 11.5 Å². The molecule has 0 saturated heterocycles. The minimum Gasteiger partial charge on any atom is -0.497 e. The fourth-order valence-corrected chi connectivity index (χ4v) is 1.48. The summed E-state index contributed by atoms with van der Waals surface area (Å²) in [5.41, 5.74) is 5.67. The molecule has 0 fully saturated rings. The standard InChI is InChI=1S/C14H23N3O3/c1-18-10-8-17-14(15)16-7-4-9-20-13-6-3-5-12(11-13)19-2/h3,5-6,11H,4,7-10H2,1-2H3,(H3,15,16,17). The van der Waals surface area contributed by atoms with Gasteiger partial charge in [0.25, 0.3) is 0 Å². The first kappa shape index (κ1) is 16.1. The number of nitrogens with two attached hydrogens (primary N) is 1. The van der Waals surface area contributed by atoms with Crippen LogP contribution in [0.1, 0.15) is 6.42 Å². The van der Waals surface area contributed by atoms with Crippen molar-refractivity contribution in [2.75, 3.05) is 40.5 Å². The first-order valence-corrected chi connectivity index (χ1v) is 6.56. The molecule has 0 radical (unpaired) electrons. The number of ether oxygens (including phenoxy) is 3. The number of nitrogens with one attached hydrogen (secondary N) is 1. The molecule has 0 unspecified atom stereocenters. The summed E-state index contributed by atoms with van der Waals surface area (Å²) in [6, 6.07) is 7.52. The van der Waals surface area contributed by atoms with Crippen LogP contribution in [0.2, 0.25) is 0 Å². The van der Waals surface area contributed by atoms with E-state index in [-0.39, 0.29) is 0 Å². The SMILES string of the molecule is COCCNC(N)=NCCCOc1cccc(OC)c1. The third-order valence-electron chi connectivity index (χ3n) is 2.51. The Hall–Kier alpha value is -1.95. The van der Waals surface area contributed by atoms with Gasteiger partial charge in [0, 0.05) is 32.7 Å². The smallest absolute Gasteiger partial charge is 0.188 e. The van der Waals surface area contributed by atoms with Crippen molar-refractivity contribution in [2.24, 2.45) is 10.7 Å². The highest BCUT2D eigenvalue weighted by Crippen LogP contribution is 2.18. The lowest BCUT2D eigenvalue weighted by atomic mass is 10.3. The average Bonchev–Trinajstić information content (AvgIpc) is 2.47. The van der Waals surface area contributed by atoms with Gasteiger partial charge in [-0.05, 0) is 12.1 Å². The first-order valence-electron chi connectivity index (χ1n) is 6.56. The topological polar surface area (TPSA) is 78.1 Å². The number of aliphatic imine (C=N–C) groups is 1. The van der Waals surface area contributed by atoms with Gasteiger partial charge in [-0.3, -0.25) is 4.99 Å². The average molecular weight is 281 g/mol. The molecule has 0 amide bonds. The number of benzene rings is 1. The fraction of sp³-hybridized carbons (Fsp3) is 0.500. The first-order chi connectivity index (χ1) is 9.76. The predicted molar refractivity (Wildman–Crippen MR) is 79.5 cm³/mol. The molecule has 3 N–H and O–H groups in total.